The number of carbonyl (C=O) groups excluding carboxylic acids is 1. The Bertz CT molecular complexity index is 385. The van der Waals surface area contributed by atoms with Gasteiger partial charge in [0.1, 0.15) is 6.04 Å². The molecule has 0 saturated heterocycles. The molecule has 1 aromatic rings. The summed E-state index contributed by atoms with van der Waals surface area (Å²) in [5, 5.41) is 18.2. The van der Waals surface area contributed by atoms with Gasteiger partial charge in [-0.15, -0.1) is 0 Å². The van der Waals surface area contributed by atoms with Crippen LogP contribution in [-0.2, 0) is 16.0 Å². The zero-order chi connectivity index (χ0) is 12.3. The average Bonchev–Trinajstić information content (AvgIpc) is 2.24. The number of halogens is 1. The first-order valence-corrected chi connectivity index (χ1v) is 4.49. The van der Waals surface area contributed by atoms with Crippen LogP contribution >= 0.6 is 0 Å². The molecule has 0 amide bonds. The van der Waals surface area contributed by atoms with E-state index in [0.29, 0.717) is 5.56 Å². The predicted octanol–water partition coefficient (Wildman–Crippen LogP) is 0.280. The molecule has 0 unspecified atom stereocenters. The Labute approximate surface area is 91.3 Å². The van der Waals surface area contributed by atoms with Crippen molar-refractivity contribution >= 4 is 5.97 Å². The van der Waals surface area contributed by atoms with Crippen LogP contribution in [0.1, 0.15) is 5.56 Å². The molecule has 0 aromatic heterocycles. The van der Waals surface area contributed by atoms with E-state index in [4.69, 9.17) is 15.9 Å². The number of aromatic hydroxyl groups is 2. The van der Waals surface area contributed by atoms with E-state index in [9.17, 15) is 9.18 Å². The number of hydrogen-bond acceptors (Lipinski definition) is 5. The highest BCUT2D eigenvalue weighted by atomic mass is 19.1. The van der Waals surface area contributed by atoms with Crippen LogP contribution in [0, 0.1) is 5.82 Å². The SMILES string of the molecule is COC(=O)[C@@H](N)Cc1cc(O)c(F)c(O)c1. The van der Waals surface area contributed by atoms with E-state index in [1.54, 1.807) is 0 Å². The van der Waals surface area contributed by atoms with E-state index in [1.165, 1.54) is 7.11 Å². The maximum Gasteiger partial charge on any atom is 0.322 e. The molecule has 0 radical (unpaired) electrons. The first-order chi connectivity index (χ1) is 7.45. The third-order valence-electron chi connectivity index (χ3n) is 2.05. The molecule has 5 nitrogen and oxygen atoms in total. The molecular weight excluding hydrogens is 217 g/mol. The number of ether oxygens (including phenoxy) is 1. The molecule has 0 fully saturated rings. The number of benzene rings is 1. The minimum atomic E-state index is -1.10. The average molecular weight is 229 g/mol. The molecule has 1 rings (SSSR count). The topological polar surface area (TPSA) is 92.8 Å². The standard InChI is InChI=1S/C10H12FNO4/c1-16-10(15)6(12)2-5-3-7(13)9(11)8(14)4-5/h3-4,6,13-14H,2,12H2,1H3/t6-/m0/s1. The Morgan fingerprint density at radius 3 is 2.44 bits per heavy atom. The van der Waals surface area contributed by atoms with Gasteiger partial charge in [0.2, 0.25) is 5.82 Å². The third-order valence-corrected chi connectivity index (χ3v) is 2.05. The van der Waals surface area contributed by atoms with Crippen LogP contribution in [0.2, 0.25) is 0 Å². The highest BCUT2D eigenvalue weighted by molar-refractivity contribution is 5.75. The van der Waals surface area contributed by atoms with Gasteiger partial charge in [0.25, 0.3) is 0 Å². The van der Waals surface area contributed by atoms with E-state index in [2.05, 4.69) is 4.74 Å². The molecule has 6 heteroatoms. The lowest BCUT2D eigenvalue weighted by molar-refractivity contribution is -0.142. The minimum Gasteiger partial charge on any atom is -0.505 e. The number of methoxy groups -OCH3 is 1. The predicted molar refractivity (Wildman–Crippen MR) is 53.4 cm³/mol. The van der Waals surface area contributed by atoms with Crippen molar-refractivity contribution in [2.45, 2.75) is 12.5 Å². The molecule has 0 aliphatic heterocycles. The van der Waals surface area contributed by atoms with Crippen LogP contribution in [0.4, 0.5) is 4.39 Å². The van der Waals surface area contributed by atoms with E-state index < -0.39 is 29.3 Å². The van der Waals surface area contributed by atoms with Gasteiger partial charge in [0.05, 0.1) is 7.11 Å². The zero-order valence-corrected chi connectivity index (χ0v) is 8.61. The van der Waals surface area contributed by atoms with Crippen molar-refractivity contribution in [2.24, 2.45) is 5.73 Å². The Kier molecular flexibility index (Phi) is 3.68. The molecule has 16 heavy (non-hydrogen) atoms. The first kappa shape index (κ1) is 12.3. The maximum absolute atomic E-state index is 12.9. The van der Waals surface area contributed by atoms with Crippen molar-refractivity contribution in [2.75, 3.05) is 7.11 Å². The molecule has 4 N–H and O–H groups in total. The molecule has 88 valence electrons. The van der Waals surface area contributed by atoms with Gasteiger partial charge in [-0.25, -0.2) is 0 Å². The van der Waals surface area contributed by atoms with Gasteiger partial charge in [0, 0.05) is 0 Å². The van der Waals surface area contributed by atoms with Crippen LogP contribution in [0.15, 0.2) is 12.1 Å². The zero-order valence-electron chi connectivity index (χ0n) is 8.61. The number of carbonyl (C=O) groups is 1. The second-order valence-electron chi connectivity index (χ2n) is 3.28. The van der Waals surface area contributed by atoms with E-state index in [1.807, 2.05) is 0 Å². The Hall–Kier alpha value is -1.82. The Morgan fingerprint density at radius 2 is 2.00 bits per heavy atom. The van der Waals surface area contributed by atoms with Crippen molar-refractivity contribution in [3.63, 3.8) is 0 Å². The van der Waals surface area contributed by atoms with Crippen LogP contribution in [0.25, 0.3) is 0 Å². The lowest BCUT2D eigenvalue weighted by atomic mass is 10.1. The summed E-state index contributed by atoms with van der Waals surface area (Å²) in [7, 11) is 1.20. The van der Waals surface area contributed by atoms with Crippen LogP contribution in [0.3, 0.4) is 0 Å². The van der Waals surface area contributed by atoms with Crippen molar-refractivity contribution < 1.29 is 24.1 Å². The molecule has 1 aromatic carbocycles. The van der Waals surface area contributed by atoms with Gasteiger partial charge in [-0.2, -0.15) is 4.39 Å². The Balaban J connectivity index is 2.86. The highest BCUT2D eigenvalue weighted by Crippen LogP contribution is 2.26. The smallest absolute Gasteiger partial charge is 0.322 e. The number of phenols is 2. The number of nitrogens with two attached hydrogens (primary N) is 1. The lowest BCUT2D eigenvalue weighted by Gasteiger charge is -2.10. The molecule has 0 bridgehead atoms. The summed E-state index contributed by atoms with van der Waals surface area (Å²) in [6.07, 6.45) is 0.0358. The first-order valence-electron chi connectivity index (χ1n) is 4.49. The van der Waals surface area contributed by atoms with Crippen LogP contribution in [0.5, 0.6) is 11.5 Å². The monoisotopic (exact) mass is 229 g/mol. The summed E-state index contributed by atoms with van der Waals surface area (Å²) in [5.41, 5.74) is 5.81. The fourth-order valence-electron chi connectivity index (χ4n) is 1.26. The highest BCUT2D eigenvalue weighted by Gasteiger charge is 2.16. The number of phenolic OH excluding ortho intramolecular Hbond substituents is 2. The minimum absolute atomic E-state index is 0.0358. The normalized spacial score (nSPS) is 12.2. The van der Waals surface area contributed by atoms with E-state index in [-0.39, 0.29) is 6.42 Å². The third kappa shape index (κ3) is 2.60. The van der Waals surface area contributed by atoms with Crippen molar-refractivity contribution in [3.8, 4) is 11.5 Å². The van der Waals surface area contributed by atoms with Crippen molar-refractivity contribution in [1.29, 1.82) is 0 Å². The van der Waals surface area contributed by atoms with E-state index in [0.717, 1.165) is 12.1 Å². The number of esters is 1. The van der Waals surface area contributed by atoms with E-state index >= 15 is 0 Å². The van der Waals surface area contributed by atoms with Gasteiger partial charge in [-0.05, 0) is 24.1 Å². The fourth-order valence-corrected chi connectivity index (χ4v) is 1.26. The summed E-state index contributed by atoms with van der Waals surface area (Å²) in [4.78, 5) is 11.0. The van der Waals surface area contributed by atoms with Gasteiger partial charge in [0.15, 0.2) is 11.5 Å². The lowest BCUT2D eigenvalue weighted by Crippen LogP contribution is -2.33. The molecule has 0 saturated carbocycles. The quantitative estimate of drug-likeness (QED) is 0.647. The largest absolute Gasteiger partial charge is 0.505 e. The summed E-state index contributed by atoms with van der Waals surface area (Å²) in [6.45, 7) is 0. The van der Waals surface area contributed by atoms with Gasteiger partial charge < -0.3 is 20.7 Å². The van der Waals surface area contributed by atoms with Crippen LogP contribution in [-0.4, -0.2) is 29.3 Å². The molecule has 0 spiro atoms. The molecule has 1 atom stereocenters. The van der Waals surface area contributed by atoms with Gasteiger partial charge in [-0.3, -0.25) is 4.79 Å². The summed E-state index contributed by atoms with van der Waals surface area (Å²) < 4.78 is 17.3. The summed E-state index contributed by atoms with van der Waals surface area (Å²) in [6, 6.07) is 1.27. The maximum atomic E-state index is 12.9. The number of hydrogen-bond donors (Lipinski definition) is 3. The van der Waals surface area contributed by atoms with Crippen molar-refractivity contribution in [3.05, 3.63) is 23.5 Å². The van der Waals surface area contributed by atoms with Crippen molar-refractivity contribution in [1.82, 2.24) is 0 Å². The second-order valence-corrected chi connectivity index (χ2v) is 3.28. The number of rotatable bonds is 3. The van der Waals surface area contributed by atoms with Crippen LogP contribution < -0.4 is 5.73 Å². The summed E-state index contributed by atoms with van der Waals surface area (Å²) >= 11 is 0. The second kappa shape index (κ2) is 4.80. The molecule has 0 aliphatic carbocycles. The Morgan fingerprint density at radius 1 is 1.50 bits per heavy atom. The van der Waals surface area contributed by atoms with Gasteiger partial charge >= 0.3 is 5.97 Å². The molecular formula is C10H12FNO4. The van der Waals surface area contributed by atoms with Gasteiger partial charge in [-0.1, -0.05) is 0 Å². The summed E-state index contributed by atoms with van der Waals surface area (Å²) in [5.74, 6) is -3.10. The fraction of sp³-hybridized carbons (Fsp3) is 0.300. The molecule has 0 heterocycles. The molecule has 0 aliphatic rings.